The number of piperidine rings is 1. The molecule has 1 atom stereocenters. The van der Waals surface area contributed by atoms with E-state index >= 15 is 0 Å². The van der Waals surface area contributed by atoms with E-state index in [4.69, 9.17) is 0 Å². The first-order chi connectivity index (χ1) is 12.3. The number of aryl methyl sites for hydroxylation is 1. The van der Waals surface area contributed by atoms with Crippen LogP contribution in [0, 0.1) is 12.8 Å². The molecule has 132 valence electrons. The quantitative estimate of drug-likeness (QED) is 0.824. The van der Waals surface area contributed by atoms with Crippen LogP contribution in [-0.4, -0.2) is 24.0 Å². The number of rotatable bonds is 6. The molecule has 1 N–H and O–H groups in total. The van der Waals surface area contributed by atoms with Gasteiger partial charge in [-0.3, -0.25) is 4.90 Å². The maximum absolute atomic E-state index is 4.01. The summed E-state index contributed by atoms with van der Waals surface area (Å²) in [4.78, 5) is 2.60. The molecule has 0 spiro atoms. The summed E-state index contributed by atoms with van der Waals surface area (Å²) < 4.78 is 0. The monoisotopic (exact) mass is 334 g/mol. The van der Waals surface area contributed by atoms with Crippen molar-refractivity contribution in [3.63, 3.8) is 0 Å². The van der Waals surface area contributed by atoms with Crippen molar-refractivity contribution >= 4 is 0 Å². The topological polar surface area (TPSA) is 15.3 Å². The first kappa shape index (κ1) is 16.8. The lowest BCUT2D eigenvalue weighted by molar-refractivity contribution is 0.181. The Morgan fingerprint density at radius 1 is 0.920 bits per heavy atom. The second-order valence-corrected chi connectivity index (χ2v) is 7.93. The molecule has 2 aromatic carbocycles. The summed E-state index contributed by atoms with van der Waals surface area (Å²) in [6.07, 6.45) is 5.31. The molecule has 2 fully saturated rings. The Morgan fingerprint density at radius 3 is 2.24 bits per heavy atom. The van der Waals surface area contributed by atoms with Crippen LogP contribution in [0.1, 0.15) is 48.4 Å². The Labute approximate surface area is 152 Å². The van der Waals surface area contributed by atoms with Gasteiger partial charge in [0.25, 0.3) is 0 Å². The minimum absolute atomic E-state index is 0.561. The fourth-order valence-electron chi connectivity index (χ4n) is 4.06. The van der Waals surface area contributed by atoms with Gasteiger partial charge in [0.1, 0.15) is 0 Å². The maximum atomic E-state index is 4.01. The van der Waals surface area contributed by atoms with Gasteiger partial charge in [0.15, 0.2) is 0 Å². The van der Waals surface area contributed by atoms with Gasteiger partial charge in [-0.2, -0.15) is 0 Å². The molecule has 25 heavy (non-hydrogen) atoms. The highest BCUT2D eigenvalue weighted by molar-refractivity contribution is 5.25. The van der Waals surface area contributed by atoms with Gasteiger partial charge in [-0.25, -0.2) is 0 Å². The van der Waals surface area contributed by atoms with E-state index in [1.54, 1.807) is 0 Å². The number of nitrogens with zero attached hydrogens (tertiary/aromatic N) is 1. The fraction of sp³-hybridized carbons (Fsp3) is 0.478. The van der Waals surface area contributed by atoms with Crippen molar-refractivity contribution in [3.05, 3.63) is 71.3 Å². The summed E-state index contributed by atoms with van der Waals surface area (Å²) in [7, 11) is 0. The summed E-state index contributed by atoms with van der Waals surface area (Å²) in [5, 5.41) is 4.01. The van der Waals surface area contributed by atoms with E-state index in [1.165, 1.54) is 55.5 Å². The molecule has 0 bridgehead atoms. The largest absolute Gasteiger partial charge is 0.307 e. The Morgan fingerprint density at radius 2 is 1.60 bits per heavy atom. The van der Waals surface area contributed by atoms with Crippen molar-refractivity contribution in [1.82, 2.24) is 10.2 Å². The standard InChI is InChI=1S/C23H30N2/c1-18-7-9-20(10-8-18)23(21-11-12-21)24-22-13-15-25(16-14-22)17-19-5-3-2-4-6-19/h2-10,21-24H,11-17H2,1H3. The molecule has 4 rings (SSSR count). The van der Waals surface area contributed by atoms with Gasteiger partial charge in [0.05, 0.1) is 0 Å². The third kappa shape index (κ3) is 4.50. The Hall–Kier alpha value is -1.64. The third-order valence-corrected chi connectivity index (χ3v) is 5.78. The molecule has 1 saturated carbocycles. The van der Waals surface area contributed by atoms with Crippen molar-refractivity contribution < 1.29 is 0 Å². The van der Waals surface area contributed by atoms with Crippen LogP contribution in [0.4, 0.5) is 0 Å². The SMILES string of the molecule is Cc1ccc(C(NC2CCN(Cc3ccccc3)CC2)C2CC2)cc1. The molecule has 0 radical (unpaired) electrons. The van der Waals surface area contributed by atoms with Gasteiger partial charge in [0.2, 0.25) is 0 Å². The summed E-state index contributed by atoms with van der Waals surface area (Å²) >= 11 is 0. The fourth-order valence-corrected chi connectivity index (χ4v) is 4.06. The second kappa shape index (κ2) is 7.72. The zero-order valence-corrected chi connectivity index (χ0v) is 15.3. The van der Waals surface area contributed by atoms with Gasteiger partial charge in [-0.05, 0) is 62.7 Å². The molecule has 1 aliphatic heterocycles. The van der Waals surface area contributed by atoms with E-state index in [1.807, 2.05) is 0 Å². The molecular formula is C23H30N2. The highest BCUT2D eigenvalue weighted by atomic mass is 15.1. The Balaban J connectivity index is 1.32. The lowest BCUT2D eigenvalue weighted by Gasteiger charge is -2.35. The highest BCUT2D eigenvalue weighted by Gasteiger charge is 2.34. The van der Waals surface area contributed by atoms with Crippen molar-refractivity contribution in [1.29, 1.82) is 0 Å². The van der Waals surface area contributed by atoms with E-state index in [0.29, 0.717) is 12.1 Å². The normalized spacial score (nSPS) is 20.5. The summed E-state index contributed by atoms with van der Waals surface area (Å²) in [6, 6.07) is 21.3. The number of benzene rings is 2. The van der Waals surface area contributed by atoms with E-state index in [-0.39, 0.29) is 0 Å². The van der Waals surface area contributed by atoms with Crippen LogP contribution in [0.3, 0.4) is 0 Å². The lowest BCUT2D eigenvalue weighted by atomic mass is 9.97. The van der Waals surface area contributed by atoms with Gasteiger partial charge in [-0.1, -0.05) is 60.2 Å². The van der Waals surface area contributed by atoms with Crippen molar-refractivity contribution in [3.8, 4) is 0 Å². The molecule has 2 aromatic rings. The highest BCUT2D eigenvalue weighted by Crippen LogP contribution is 2.41. The van der Waals surface area contributed by atoms with Crippen molar-refractivity contribution in [2.45, 2.75) is 51.2 Å². The van der Waals surface area contributed by atoms with Crippen molar-refractivity contribution in [2.75, 3.05) is 13.1 Å². The lowest BCUT2D eigenvalue weighted by Crippen LogP contribution is -2.43. The molecule has 1 saturated heterocycles. The van der Waals surface area contributed by atoms with Gasteiger partial charge in [0, 0.05) is 18.6 Å². The van der Waals surface area contributed by atoms with E-state index < -0.39 is 0 Å². The molecule has 0 aromatic heterocycles. The summed E-state index contributed by atoms with van der Waals surface area (Å²) in [5.41, 5.74) is 4.27. The first-order valence-corrected chi connectivity index (χ1v) is 9.87. The van der Waals surface area contributed by atoms with Crippen molar-refractivity contribution in [2.24, 2.45) is 5.92 Å². The van der Waals surface area contributed by atoms with Gasteiger partial charge >= 0.3 is 0 Å². The third-order valence-electron chi connectivity index (χ3n) is 5.78. The number of hydrogen-bond donors (Lipinski definition) is 1. The van der Waals surface area contributed by atoms with Gasteiger partial charge in [-0.15, -0.1) is 0 Å². The predicted molar refractivity (Wildman–Crippen MR) is 105 cm³/mol. The molecule has 2 nitrogen and oxygen atoms in total. The first-order valence-electron chi connectivity index (χ1n) is 9.87. The molecule has 1 heterocycles. The van der Waals surface area contributed by atoms with Crippen LogP contribution in [0.25, 0.3) is 0 Å². The van der Waals surface area contributed by atoms with Crippen LogP contribution in [0.5, 0.6) is 0 Å². The maximum Gasteiger partial charge on any atom is 0.0351 e. The second-order valence-electron chi connectivity index (χ2n) is 7.93. The van der Waals surface area contributed by atoms with E-state index in [2.05, 4.69) is 71.7 Å². The summed E-state index contributed by atoms with van der Waals surface area (Å²) in [5.74, 6) is 0.852. The molecule has 1 aliphatic carbocycles. The average molecular weight is 335 g/mol. The van der Waals surface area contributed by atoms with Gasteiger partial charge < -0.3 is 5.32 Å². The van der Waals surface area contributed by atoms with E-state index in [0.717, 1.165) is 12.5 Å². The van der Waals surface area contributed by atoms with Crippen LogP contribution in [0.15, 0.2) is 54.6 Å². The molecule has 1 unspecified atom stereocenters. The molecular weight excluding hydrogens is 304 g/mol. The van der Waals surface area contributed by atoms with E-state index in [9.17, 15) is 0 Å². The molecule has 0 amide bonds. The average Bonchev–Trinajstić information content (AvgIpc) is 3.48. The number of likely N-dealkylation sites (tertiary alicyclic amines) is 1. The van der Waals surface area contributed by atoms with Crippen LogP contribution in [-0.2, 0) is 6.54 Å². The number of nitrogens with one attached hydrogen (secondary N) is 1. The minimum atomic E-state index is 0.561. The van der Waals surface area contributed by atoms with Crippen LogP contribution in [0.2, 0.25) is 0 Å². The Kier molecular flexibility index (Phi) is 5.19. The minimum Gasteiger partial charge on any atom is -0.307 e. The predicted octanol–water partition coefficient (Wildman–Crippen LogP) is 4.70. The van der Waals surface area contributed by atoms with Crippen LogP contribution < -0.4 is 5.32 Å². The number of hydrogen-bond acceptors (Lipinski definition) is 2. The zero-order chi connectivity index (χ0) is 17.1. The Bertz CT molecular complexity index is 652. The molecule has 2 heteroatoms. The zero-order valence-electron chi connectivity index (χ0n) is 15.3. The smallest absolute Gasteiger partial charge is 0.0351 e. The summed E-state index contributed by atoms with van der Waals surface area (Å²) in [6.45, 7) is 5.68. The molecule has 2 aliphatic rings. The van der Waals surface area contributed by atoms with Crippen LogP contribution >= 0.6 is 0 Å².